The van der Waals surface area contributed by atoms with E-state index < -0.39 is 0 Å². The molecule has 3 rings (SSSR count). The maximum Gasteiger partial charge on any atom is 0.0679 e. The highest BCUT2D eigenvalue weighted by Gasteiger charge is 2.03. The Balaban J connectivity index is 1.72. The Morgan fingerprint density at radius 1 is 1.15 bits per heavy atom. The summed E-state index contributed by atoms with van der Waals surface area (Å²) in [6.45, 7) is 1.53. The molecule has 0 saturated heterocycles. The largest absolute Gasteiger partial charge is 0.381 e. The van der Waals surface area contributed by atoms with Gasteiger partial charge in [0.05, 0.1) is 12.7 Å². The molecule has 0 bridgehead atoms. The van der Waals surface area contributed by atoms with Gasteiger partial charge in [0, 0.05) is 43.4 Å². The zero-order valence-corrected chi connectivity index (χ0v) is 11.4. The molecule has 0 spiro atoms. The van der Waals surface area contributed by atoms with Crippen LogP contribution in [0.4, 0.5) is 5.69 Å². The summed E-state index contributed by atoms with van der Waals surface area (Å²) < 4.78 is 3.73. The van der Waals surface area contributed by atoms with Gasteiger partial charge in [-0.25, -0.2) is 0 Å². The molecule has 0 atom stereocenters. The van der Waals surface area contributed by atoms with Gasteiger partial charge in [-0.05, 0) is 17.7 Å². The third-order valence-corrected chi connectivity index (χ3v) is 3.15. The SMILES string of the molecule is Cn1cc(CNc2ccccc2Cn2cccn2)cn1. The van der Waals surface area contributed by atoms with Crippen molar-refractivity contribution in [2.75, 3.05) is 5.32 Å². The number of para-hydroxylation sites is 1. The van der Waals surface area contributed by atoms with Crippen LogP contribution in [0.5, 0.6) is 0 Å². The molecule has 5 nitrogen and oxygen atoms in total. The van der Waals surface area contributed by atoms with Crippen molar-refractivity contribution in [1.29, 1.82) is 0 Å². The molecular formula is C15H17N5. The average Bonchev–Trinajstić information content (AvgIpc) is 3.10. The van der Waals surface area contributed by atoms with Crippen molar-refractivity contribution in [3.63, 3.8) is 0 Å². The van der Waals surface area contributed by atoms with Crippen LogP contribution in [0, 0.1) is 0 Å². The Bertz CT molecular complexity index is 669. The highest BCUT2D eigenvalue weighted by molar-refractivity contribution is 5.51. The van der Waals surface area contributed by atoms with Gasteiger partial charge in [0.1, 0.15) is 0 Å². The minimum absolute atomic E-state index is 0.767. The second kappa shape index (κ2) is 5.61. The van der Waals surface area contributed by atoms with E-state index in [2.05, 4.69) is 27.6 Å². The second-order valence-electron chi connectivity index (χ2n) is 4.74. The van der Waals surface area contributed by atoms with Crippen LogP contribution in [0.15, 0.2) is 55.1 Å². The topological polar surface area (TPSA) is 47.7 Å². The normalized spacial score (nSPS) is 10.7. The van der Waals surface area contributed by atoms with E-state index in [1.807, 2.05) is 53.2 Å². The minimum Gasteiger partial charge on any atom is -0.381 e. The highest BCUT2D eigenvalue weighted by atomic mass is 15.3. The Morgan fingerprint density at radius 3 is 2.80 bits per heavy atom. The molecule has 20 heavy (non-hydrogen) atoms. The Morgan fingerprint density at radius 2 is 2.05 bits per heavy atom. The molecule has 3 aromatic rings. The van der Waals surface area contributed by atoms with Crippen molar-refractivity contribution >= 4 is 5.69 Å². The van der Waals surface area contributed by atoms with Gasteiger partial charge in [0.25, 0.3) is 0 Å². The molecule has 0 fully saturated rings. The smallest absolute Gasteiger partial charge is 0.0679 e. The number of hydrogen-bond donors (Lipinski definition) is 1. The lowest BCUT2D eigenvalue weighted by Crippen LogP contribution is -2.06. The molecule has 0 unspecified atom stereocenters. The highest BCUT2D eigenvalue weighted by Crippen LogP contribution is 2.17. The molecule has 0 radical (unpaired) electrons. The third kappa shape index (κ3) is 2.88. The second-order valence-corrected chi connectivity index (χ2v) is 4.74. The standard InChI is InChI=1S/C15H17N5/c1-19-11-13(10-18-19)9-16-15-6-3-2-5-14(15)12-20-8-4-7-17-20/h2-8,10-11,16H,9,12H2,1H3. The van der Waals surface area contributed by atoms with Crippen LogP contribution in [-0.4, -0.2) is 19.6 Å². The zero-order valence-electron chi connectivity index (χ0n) is 11.4. The van der Waals surface area contributed by atoms with Gasteiger partial charge in [0.2, 0.25) is 0 Å². The number of benzene rings is 1. The number of nitrogens with one attached hydrogen (secondary N) is 1. The van der Waals surface area contributed by atoms with Crippen molar-refractivity contribution in [2.45, 2.75) is 13.1 Å². The number of aromatic nitrogens is 4. The number of hydrogen-bond acceptors (Lipinski definition) is 3. The molecular weight excluding hydrogens is 250 g/mol. The van der Waals surface area contributed by atoms with E-state index >= 15 is 0 Å². The molecule has 0 aliphatic rings. The number of aryl methyl sites for hydroxylation is 1. The van der Waals surface area contributed by atoms with Crippen molar-refractivity contribution in [3.05, 3.63) is 66.2 Å². The van der Waals surface area contributed by atoms with E-state index in [-0.39, 0.29) is 0 Å². The maximum atomic E-state index is 4.25. The molecule has 1 aromatic carbocycles. The summed E-state index contributed by atoms with van der Waals surface area (Å²) in [6, 6.07) is 10.2. The minimum atomic E-state index is 0.767. The molecule has 1 N–H and O–H groups in total. The van der Waals surface area contributed by atoms with Crippen molar-refractivity contribution in [3.8, 4) is 0 Å². The number of anilines is 1. The van der Waals surface area contributed by atoms with Crippen LogP contribution < -0.4 is 5.32 Å². The molecule has 0 aliphatic carbocycles. The molecule has 0 saturated carbocycles. The maximum absolute atomic E-state index is 4.25. The Kier molecular flexibility index (Phi) is 3.50. The van der Waals surface area contributed by atoms with Gasteiger partial charge in [0.15, 0.2) is 0 Å². The molecule has 5 heteroatoms. The predicted octanol–water partition coefficient (Wildman–Crippen LogP) is 2.28. The number of rotatable bonds is 5. The van der Waals surface area contributed by atoms with E-state index in [1.54, 1.807) is 6.20 Å². The monoisotopic (exact) mass is 267 g/mol. The van der Waals surface area contributed by atoms with E-state index in [4.69, 9.17) is 0 Å². The lowest BCUT2D eigenvalue weighted by Gasteiger charge is -2.11. The van der Waals surface area contributed by atoms with Gasteiger partial charge in [-0.3, -0.25) is 9.36 Å². The van der Waals surface area contributed by atoms with Crippen LogP contribution in [0.25, 0.3) is 0 Å². The quantitative estimate of drug-likeness (QED) is 0.771. The fraction of sp³-hybridized carbons (Fsp3) is 0.200. The van der Waals surface area contributed by atoms with Crippen molar-refractivity contribution < 1.29 is 0 Å². The van der Waals surface area contributed by atoms with Crippen LogP contribution in [0.2, 0.25) is 0 Å². The lowest BCUT2D eigenvalue weighted by atomic mass is 10.1. The fourth-order valence-electron chi connectivity index (χ4n) is 2.16. The fourth-order valence-corrected chi connectivity index (χ4v) is 2.16. The predicted molar refractivity (Wildman–Crippen MR) is 78.3 cm³/mol. The van der Waals surface area contributed by atoms with Gasteiger partial charge in [-0.2, -0.15) is 10.2 Å². The van der Waals surface area contributed by atoms with Gasteiger partial charge in [-0.15, -0.1) is 0 Å². The summed E-state index contributed by atoms with van der Waals surface area (Å²) in [5.74, 6) is 0. The molecule has 2 aromatic heterocycles. The van der Waals surface area contributed by atoms with Crippen LogP contribution in [-0.2, 0) is 20.1 Å². The average molecular weight is 267 g/mol. The summed E-state index contributed by atoms with van der Waals surface area (Å²) in [4.78, 5) is 0. The summed E-state index contributed by atoms with van der Waals surface area (Å²) in [5, 5.41) is 11.9. The Hall–Kier alpha value is -2.56. The van der Waals surface area contributed by atoms with Crippen molar-refractivity contribution in [2.24, 2.45) is 7.05 Å². The number of nitrogens with zero attached hydrogens (tertiary/aromatic N) is 4. The van der Waals surface area contributed by atoms with Gasteiger partial charge in [-0.1, -0.05) is 18.2 Å². The van der Waals surface area contributed by atoms with E-state index in [0.29, 0.717) is 0 Å². The first-order chi connectivity index (χ1) is 9.81. The van der Waals surface area contributed by atoms with Gasteiger partial charge < -0.3 is 5.32 Å². The zero-order chi connectivity index (χ0) is 13.8. The van der Waals surface area contributed by atoms with Crippen LogP contribution >= 0.6 is 0 Å². The Labute approximate surface area is 117 Å². The molecule has 0 amide bonds. The first-order valence-electron chi connectivity index (χ1n) is 6.58. The third-order valence-electron chi connectivity index (χ3n) is 3.15. The molecule has 0 aliphatic heterocycles. The van der Waals surface area contributed by atoms with Crippen LogP contribution in [0.3, 0.4) is 0 Å². The summed E-state index contributed by atoms with van der Waals surface area (Å²) in [7, 11) is 1.93. The first kappa shape index (κ1) is 12.5. The van der Waals surface area contributed by atoms with E-state index in [9.17, 15) is 0 Å². The van der Waals surface area contributed by atoms with Crippen LogP contribution in [0.1, 0.15) is 11.1 Å². The molecule has 102 valence electrons. The summed E-state index contributed by atoms with van der Waals surface area (Å²) in [5.41, 5.74) is 3.52. The summed E-state index contributed by atoms with van der Waals surface area (Å²) >= 11 is 0. The van der Waals surface area contributed by atoms with Gasteiger partial charge >= 0.3 is 0 Å². The summed E-state index contributed by atoms with van der Waals surface area (Å²) in [6.07, 6.45) is 7.66. The van der Waals surface area contributed by atoms with E-state index in [1.165, 1.54) is 11.1 Å². The first-order valence-corrected chi connectivity index (χ1v) is 6.58. The molecule has 2 heterocycles. The van der Waals surface area contributed by atoms with Crippen molar-refractivity contribution in [1.82, 2.24) is 19.6 Å². The van der Waals surface area contributed by atoms with E-state index in [0.717, 1.165) is 18.8 Å². The lowest BCUT2D eigenvalue weighted by molar-refractivity contribution is 0.687.